The second kappa shape index (κ2) is 8.69. The molecular formula is C13H24N4O. The monoisotopic (exact) mass is 252 g/mol. The van der Waals surface area contributed by atoms with Crippen LogP contribution in [-0.4, -0.2) is 43.3 Å². The second-order valence-electron chi connectivity index (χ2n) is 4.23. The predicted octanol–water partition coefficient (Wildman–Crippen LogP) is 1.70. The molecule has 0 radical (unpaired) electrons. The van der Waals surface area contributed by atoms with Crippen molar-refractivity contribution < 1.29 is 4.74 Å². The minimum absolute atomic E-state index is 0.648. The number of likely N-dealkylation sites (N-methyl/N-ethyl adjacent to an activating group) is 1. The molecule has 0 aliphatic rings. The van der Waals surface area contributed by atoms with Crippen molar-refractivity contribution in [2.45, 2.75) is 26.7 Å². The molecule has 0 saturated carbocycles. The Morgan fingerprint density at radius 1 is 1.22 bits per heavy atom. The van der Waals surface area contributed by atoms with Crippen LogP contribution in [-0.2, 0) is 0 Å². The van der Waals surface area contributed by atoms with Gasteiger partial charge in [0, 0.05) is 26.2 Å². The van der Waals surface area contributed by atoms with Gasteiger partial charge < -0.3 is 15.0 Å². The molecule has 0 saturated heterocycles. The first-order chi connectivity index (χ1) is 8.77. The fourth-order valence-electron chi connectivity index (χ4n) is 1.49. The quantitative estimate of drug-likeness (QED) is 0.678. The van der Waals surface area contributed by atoms with Gasteiger partial charge in [0.15, 0.2) is 0 Å². The SMILES string of the molecule is CCCNCCN(C)c1cc(OCCC)ncn1. The van der Waals surface area contributed by atoms with Crippen LogP contribution in [0, 0.1) is 0 Å². The van der Waals surface area contributed by atoms with Crippen molar-refractivity contribution in [1.29, 1.82) is 0 Å². The van der Waals surface area contributed by atoms with Crippen LogP contribution in [0.2, 0.25) is 0 Å². The van der Waals surface area contributed by atoms with Gasteiger partial charge in [-0.25, -0.2) is 9.97 Å². The van der Waals surface area contributed by atoms with Crippen LogP contribution >= 0.6 is 0 Å². The number of anilines is 1. The molecule has 1 rings (SSSR count). The zero-order valence-electron chi connectivity index (χ0n) is 11.6. The molecule has 0 aliphatic carbocycles. The smallest absolute Gasteiger partial charge is 0.218 e. The highest BCUT2D eigenvalue weighted by atomic mass is 16.5. The van der Waals surface area contributed by atoms with Gasteiger partial charge >= 0.3 is 0 Å². The normalized spacial score (nSPS) is 10.4. The van der Waals surface area contributed by atoms with Crippen molar-refractivity contribution in [2.24, 2.45) is 0 Å². The first-order valence-corrected chi connectivity index (χ1v) is 6.64. The van der Waals surface area contributed by atoms with Gasteiger partial charge in [-0.3, -0.25) is 0 Å². The van der Waals surface area contributed by atoms with Crippen LogP contribution in [0.1, 0.15) is 26.7 Å². The van der Waals surface area contributed by atoms with E-state index in [-0.39, 0.29) is 0 Å². The van der Waals surface area contributed by atoms with E-state index in [2.05, 4.69) is 34.0 Å². The van der Waals surface area contributed by atoms with Crippen LogP contribution in [0.15, 0.2) is 12.4 Å². The van der Waals surface area contributed by atoms with E-state index in [0.717, 1.165) is 38.3 Å². The lowest BCUT2D eigenvalue weighted by atomic mass is 10.4. The van der Waals surface area contributed by atoms with E-state index in [1.54, 1.807) is 6.33 Å². The Bertz CT molecular complexity index is 333. The van der Waals surface area contributed by atoms with Crippen molar-refractivity contribution >= 4 is 5.82 Å². The summed E-state index contributed by atoms with van der Waals surface area (Å²) in [4.78, 5) is 10.4. The van der Waals surface area contributed by atoms with E-state index in [0.29, 0.717) is 12.5 Å². The number of nitrogens with one attached hydrogen (secondary N) is 1. The molecule has 5 heteroatoms. The maximum Gasteiger partial charge on any atom is 0.218 e. The third-order valence-corrected chi connectivity index (χ3v) is 2.52. The van der Waals surface area contributed by atoms with Crippen LogP contribution in [0.3, 0.4) is 0 Å². The molecule has 5 nitrogen and oxygen atoms in total. The number of hydrogen-bond acceptors (Lipinski definition) is 5. The van der Waals surface area contributed by atoms with E-state index in [4.69, 9.17) is 4.74 Å². The summed E-state index contributed by atoms with van der Waals surface area (Å²) in [5, 5.41) is 3.37. The molecule has 0 bridgehead atoms. The van der Waals surface area contributed by atoms with Gasteiger partial charge in [-0.05, 0) is 19.4 Å². The molecule has 1 N–H and O–H groups in total. The molecule has 1 aromatic heterocycles. The van der Waals surface area contributed by atoms with Gasteiger partial charge in [0.05, 0.1) is 6.61 Å². The largest absolute Gasteiger partial charge is 0.478 e. The summed E-state index contributed by atoms with van der Waals surface area (Å²) in [6.07, 6.45) is 3.69. The van der Waals surface area contributed by atoms with E-state index < -0.39 is 0 Å². The van der Waals surface area contributed by atoms with Crippen molar-refractivity contribution in [2.75, 3.05) is 38.2 Å². The van der Waals surface area contributed by atoms with E-state index in [9.17, 15) is 0 Å². The highest BCUT2D eigenvalue weighted by Crippen LogP contribution is 2.14. The number of nitrogens with zero attached hydrogens (tertiary/aromatic N) is 3. The van der Waals surface area contributed by atoms with Gasteiger partial charge in [0.1, 0.15) is 12.1 Å². The predicted molar refractivity (Wildman–Crippen MR) is 74.2 cm³/mol. The third-order valence-electron chi connectivity index (χ3n) is 2.52. The van der Waals surface area contributed by atoms with Crippen molar-refractivity contribution in [1.82, 2.24) is 15.3 Å². The Kier molecular flexibility index (Phi) is 7.10. The fourth-order valence-corrected chi connectivity index (χ4v) is 1.49. The molecule has 0 unspecified atom stereocenters. The minimum Gasteiger partial charge on any atom is -0.478 e. The Balaban J connectivity index is 2.43. The zero-order chi connectivity index (χ0) is 13.2. The zero-order valence-corrected chi connectivity index (χ0v) is 11.6. The van der Waals surface area contributed by atoms with Crippen LogP contribution < -0.4 is 15.0 Å². The lowest BCUT2D eigenvalue weighted by Crippen LogP contribution is -2.30. The van der Waals surface area contributed by atoms with E-state index >= 15 is 0 Å². The molecule has 0 aromatic carbocycles. The van der Waals surface area contributed by atoms with Crippen LogP contribution in [0.5, 0.6) is 5.88 Å². The van der Waals surface area contributed by atoms with E-state index in [1.807, 2.05) is 13.1 Å². The molecule has 1 aromatic rings. The van der Waals surface area contributed by atoms with Gasteiger partial charge in [0.25, 0.3) is 0 Å². The summed E-state index contributed by atoms with van der Waals surface area (Å²) >= 11 is 0. The highest BCUT2D eigenvalue weighted by molar-refractivity contribution is 5.39. The Morgan fingerprint density at radius 3 is 2.78 bits per heavy atom. The first-order valence-electron chi connectivity index (χ1n) is 6.64. The molecule has 18 heavy (non-hydrogen) atoms. The molecule has 0 fully saturated rings. The van der Waals surface area contributed by atoms with Gasteiger partial charge in [-0.1, -0.05) is 13.8 Å². The standard InChI is InChI=1S/C13H24N4O/c1-4-6-14-7-8-17(3)12-10-13(16-11-15-12)18-9-5-2/h10-11,14H,4-9H2,1-3H3. The van der Waals surface area contributed by atoms with Crippen molar-refractivity contribution in [3.05, 3.63) is 12.4 Å². The Hall–Kier alpha value is -1.36. The summed E-state index contributed by atoms with van der Waals surface area (Å²) < 4.78 is 5.50. The molecule has 102 valence electrons. The molecule has 0 spiro atoms. The van der Waals surface area contributed by atoms with Gasteiger partial charge in [-0.15, -0.1) is 0 Å². The summed E-state index contributed by atoms with van der Waals surface area (Å²) in [5.74, 6) is 1.55. The van der Waals surface area contributed by atoms with E-state index in [1.165, 1.54) is 0 Å². The van der Waals surface area contributed by atoms with Crippen molar-refractivity contribution in [3.63, 3.8) is 0 Å². The van der Waals surface area contributed by atoms with Crippen LogP contribution in [0.4, 0.5) is 5.82 Å². The Morgan fingerprint density at radius 2 is 2.06 bits per heavy atom. The number of rotatable bonds is 9. The molecular weight excluding hydrogens is 228 g/mol. The summed E-state index contributed by atoms with van der Waals surface area (Å²) in [5.41, 5.74) is 0. The lowest BCUT2D eigenvalue weighted by Gasteiger charge is -2.18. The number of hydrogen-bond donors (Lipinski definition) is 1. The van der Waals surface area contributed by atoms with Crippen molar-refractivity contribution in [3.8, 4) is 5.88 Å². The average molecular weight is 252 g/mol. The van der Waals surface area contributed by atoms with Gasteiger partial charge in [0.2, 0.25) is 5.88 Å². The fraction of sp³-hybridized carbons (Fsp3) is 0.692. The Labute approximate surface area is 110 Å². The summed E-state index contributed by atoms with van der Waals surface area (Å²) in [6, 6.07) is 1.88. The maximum atomic E-state index is 5.50. The minimum atomic E-state index is 0.648. The topological polar surface area (TPSA) is 50.3 Å². The van der Waals surface area contributed by atoms with Gasteiger partial charge in [-0.2, -0.15) is 0 Å². The first kappa shape index (κ1) is 14.7. The third kappa shape index (κ3) is 5.31. The summed E-state index contributed by atoms with van der Waals surface area (Å²) in [7, 11) is 2.03. The number of aromatic nitrogens is 2. The maximum absolute atomic E-state index is 5.50. The molecule has 0 aliphatic heterocycles. The average Bonchev–Trinajstić information content (AvgIpc) is 2.41. The summed E-state index contributed by atoms with van der Waals surface area (Å²) in [6.45, 7) is 7.87. The number of ether oxygens (including phenoxy) is 1. The highest BCUT2D eigenvalue weighted by Gasteiger charge is 2.04. The lowest BCUT2D eigenvalue weighted by molar-refractivity contribution is 0.304. The molecule has 1 heterocycles. The van der Waals surface area contributed by atoms with Crippen LogP contribution in [0.25, 0.3) is 0 Å². The molecule has 0 atom stereocenters. The molecule has 0 amide bonds. The second-order valence-corrected chi connectivity index (χ2v) is 4.23.